The Morgan fingerprint density at radius 3 is 2.33 bits per heavy atom. The molecule has 0 aromatic heterocycles. The topological polar surface area (TPSA) is 107 Å². The Morgan fingerprint density at radius 2 is 1.83 bits per heavy atom. The summed E-state index contributed by atoms with van der Waals surface area (Å²) < 4.78 is 41.6. The highest BCUT2D eigenvalue weighted by atomic mass is 127. The Morgan fingerprint density at radius 1 is 1.25 bits per heavy atom. The average Bonchev–Trinajstić information content (AvgIpc) is 2.41. The van der Waals surface area contributed by atoms with Crippen molar-refractivity contribution in [2.24, 2.45) is 0 Å². The Balaban J connectivity index is 3.12. The van der Waals surface area contributed by atoms with Crippen molar-refractivity contribution in [3.8, 4) is 5.75 Å². The van der Waals surface area contributed by atoms with Gasteiger partial charge in [0.15, 0.2) is 5.75 Å². The molecule has 0 aliphatic carbocycles. The lowest BCUT2D eigenvalue weighted by atomic mass is 10.2. The molecular weight excluding hydrogens is 681 g/mol. The van der Waals surface area contributed by atoms with Crippen molar-refractivity contribution in [3.63, 3.8) is 0 Å². The van der Waals surface area contributed by atoms with Crippen molar-refractivity contribution in [3.05, 3.63) is 34.5 Å². The highest BCUT2D eigenvalue weighted by Gasteiger charge is 2.24. The standard InChI is InChI=1S/C13H11I3O7S/c1-6(2)12(17)23-11-8(15)5-7(14)9(10(11)16)13(18)22-3-4-24(19,20)21/h5H,1,3-4H2,2H3,(H,19,20,21). The van der Waals surface area contributed by atoms with E-state index in [4.69, 9.17) is 14.0 Å². The van der Waals surface area contributed by atoms with E-state index < -0.39 is 34.4 Å². The van der Waals surface area contributed by atoms with Crippen LogP contribution in [-0.4, -0.2) is 37.3 Å². The van der Waals surface area contributed by atoms with Crippen LogP contribution in [0.2, 0.25) is 0 Å². The molecule has 0 heterocycles. The normalized spacial score (nSPS) is 11.0. The van der Waals surface area contributed by atoms with Gasteiger partial charge < -0.3 is 9.47 Å². The largest absolute Gasteiger partial charge is 0.461 e. The smallest absolute Gasteiger partial charge is 0.340 e. The molecule has 0 unspecified atom stereocenters. The van der Waals surface area contributed by atoms with Crippen LogP contribution in [0.4, 0.5) is 0 Å². The molecule has 0 aliphatic rings. The minimum atomic E-state index is -4.22. The summed E-state index contributed by atoms with van der Waals surface area (Å²) in [6, 6.07) is 1.63. The lowest BCUT2D eigenvalue weighted by molar-refractivity contribution is -0.130. The van der Waals surface area contributed by atoms with E-state index in [9.17, 15) is 18.0 Å². The van der Waals surface area contributed by atoms with Gasteiger partial charge in [-0.05, 0) is 80.8 Å². The van der Waals surface area contributed by atoms with E-state index in [1.165, 1.54) is 6.92 Å². The van der Waals surface area contributed by atoms with Gasteiger partial charge in [0.05, 0.1) is 12.7 Å². The summed E-state index contributed by atoms with van der Waals surface area (Å²) in [6.07, 6.45) is 0. The fraction of sp³-hybridized carbons (Fsp3) is 0.231. The molecule has 0 aliphatic heterocycles. The molecule has 1 N–H and O–H groups in total. The predicted octanol–water partition coefficient (Wildman–Crippen LogP) is 3.03. The molecule has 0 saturated heterocycles. The number of carbonyl (C=O) groups is 2. The van der Waals surface area contributed by atoms with E-state index >= 15 is 0 Å². The summed E-state index contributed by atoms with van der Waals surface area (Å²) in [7, 11) is -4.22. The fourth-order valence-electron chi connectivity index (χ4n) is 1.34. The molecular formula is C13H11I3O7S. The highest BCUT2D eigenvalue weighted by molar-refractivity contribution is 14.1. The quantitative estimate of drug-likeness (QED) is 0.161. The Labute approximate surface area is 179 Å². The lowest BCUT2D eigenvalue weighted by Gasteiger charge is -2.14. The summed E-state index contributed by atoms with van der Waals surface area (Å²) in [5.41, 5.74) is 0.355. The number of hydrogen-bond donors (Lipinski definition) is 1. The summed E-state index contributed by atoms with van der Waals surface area (Å²) in [5.74, 6) is -1.91. The number of carbonyl (C=O) groups excluding carboxylic acids is 2. The second kappa shape index (κ2) is 9.09. The maximum atomic E-state index is 12.2. The summed E-state index contributed by atoms with van der Waals surface area (Å²) in [4.78, 5) is 23.9. The zero-order valence-electron chi connectivity index (χ0n) is 12.1. The molecule has 0 amide bonds. The molecule has 0 radical (unpaired) electrons. The Kier molecular flexibility index (Phi) is 8.35. The number of ether oxygens (including phenoxy) is 2. The first-order valence-corrected chi connectivity index (χ1v) is 11.0. The van der Waals surface area contributed by atoms with E-state index in [1.54, 1.807) is 6.07 Å². The number of esters is 2. The minimum absolute atomic E-state index is 0.150. The van der Waals surface area contributed by atoms with Crippen LogP contribution in [0.25, 0.3) is 0 Å². The van der Waals surface area contributed by atoms with Crippen molar-refractivity contribution < 1.29 is 32.0 Å². The molecule has 7 nitrogen and oxygen atoms in total. The molecule has 1 aromatic rings. The van der Waals surface area contributed by atoms with Crippen molar-refractivity contribution in [1.29, 1.82) is 0 Å². The maximum Gasteiger partial charge on any atom is 0.340 e. The van der Waals surface area contributed by atoms with E-state index in [0.29, 0.717) is 10.7 Å². The second-order valence-corrected chi connectivity index (χ2v) is 9.43. The third-order valence-electron chi connectivity index (χ3n) is 2.45. The molecule has 0 fully saturated rings. The molecule has 0 saturated carbocycles. The van der Waals surface area contributed by atoms with Gasteiger partial charge >= 0.3 is 11.9 Å². The Bertz CT molecular complexity index is 802. The third kappa shape index (κ3) is 6.38. The van der Waals surface area contributed by atoms with E-state index in [0.717, 1.165) is 0 Å². The van der Waals surface area contributed by atoms with Gasteiger partial charge in [0.1, 0.15) is 12.4 Å². The van der Waals surface area contributed by atoms with Crippen molar-refractivity contribution in [2.75, 3.05) is 12.4 Å². The predicted molar refractivity (Wildman–Crippen MR) is 112 cm³/mol. The number of hydrogen-bond acceptors (Lipinski definition) is 6. The number of rotatable bonds is 6. The molecule has 1 rings (SSSR count). The van der Waals surface area contributed by atoms with Gasteiger partial charge in [-0.15, -0.1) is 0 Å². The lowest BCUT2D eigenvalue weighted by Crippen LogP contribution is -2.18. The Hall–Kier alpha value is -0.000000000000000222. The first-order valence-electron chi connectivity index (χ1n) is 6.11. The molecule has 0 bridgehead atoms. The van der Waals surface area contributed by atoms with Gasteiger partial charge in [-0.3, -0.25) is 4.55 Å². The molecule has 11 heteroatoms. The molecule has 24 heavy (non-hydrogen) atoms. The van der Waals surface area contributed by atoms with E-state index in [2.05, 4.69) is 6.58 Å². The monoisotopic (exact) mass is 692 g/mol. The summed E-state index contributed by atoms with van der Waals surface area (Å²) >= 11 is 5.74. The van der Waals surface area contributed by atoms with E-state index in [-0.39, 0.29) is 16.9 Å². The first-order chi connectivity index (χ1) is 10.9. The van der Waals surface area contributed by atoms with Crippen LogP contribution in [0.1, 0.15) is 17.3 Å². The summed E-state index contributed by atoms with van der Waals surface area (Å²) in [6.45, 7) is 4.51. The van der Waals surface area contributed by atoms with Gasteiger partial charge in [-0.25, -0.2) is 9.59 Å². The van der Waals surface area contributed by atoms with Gasteiger partial charge in [0, 0.05) is 9.14 Å². The van der Waals surface area contributed by atoms with Gasteiger partial charge in [-0.2, -0.15) is 8.42 Å². The van der Waals surface area contributed by atoms with Crippen molar-refractivity contribution >= 4 is 89.8 Å². The number of halogens is 3. The molecule has 0 spiro atoms. The fourth-order valence-corrected chi connectivity index (χ4v) is 5.67. The maximum absolute atomic E-state index is 12.2. The van der Waals surface area contributed by atoms with Crippen LogP contribution in [-0.2, 0) is 19.6 Å². The molecule has 1 aromatic carbocycles. The van der Waals surface area contributed by atoms with Gasteiger partial charge in [-0.1, -0.05) is 6.58 Å². The second-order valence-electron chi connectivity index (χ2n) is 4.45. The van der Waals surface area contributed by atoms with Crippen LogP contribution in [0.3, 0.4) is 0 Å². The SMILES string of the molecule is C=C(C)C(=O)Oc1c(I)cc(I)c(C(=O)OCCS(=O)(=O)O)c1I. The number of benzene rings is 1. The summed E-state index contributed by atoms with van der Waals surface area (Å²) in [5, 5.41) is 0. The van der Waals surface area contributed by atoms with Crippen LogP contribution < -0.4 is 4.74 Å². The molecule has 132 valence electrons. The highest BCUT2D eigenvalue weighted by Crippen LogP contribution is 2.34. The van der Waals surface area contributed by atoms with Crippen molar-refractivity contribution in [1.82, 2.24) is 0 Å². The van der Waals surface area contributed by atoms with Gasteiger partial charge in [0.2, 0.25) is 0 Å². The average molecular weight is 692 g/mol. The van der Waals surface area contributed by atoms with Crippen LogP contribution >= 0.6 is 67.8 Å². The van der Waals surface area contributed by atoms with E-state index in [1.807, 2.05) is 67.8 Å². The van der Waals surface area contributed by atoms with Crippen molar-refractivity contribution in [2.45, 2.75) is 6.92 Å². The minimum Gasteiger partial charge on any atom is -0.461 e. The van der Waals surface area contributed by atoms with Crippen LogP contribution in [0.5, 0.6) is 5.75 Å². The zero-order chi connectivity index (χ0) is 18.7. The van der Waals surface area contributed by atoms with Gasteiger partial charge in [0.25, 0.3) is 10.1 Å². The first kappa shape index (κ1) is 22.0. The van der Waals surface area contributed by atoms with Crippen LogP contribution in [0.15, 0.2) is 18.2 Å². The van der Waals surface area contributed by atoms with Crippen LogP contribution in [0, 0.1) is 10.7 Å². The third-order valence-corrected chi connectivity index (χ3v) is 5.81. The zero-order valence-corrected chi connectivity index (χ0v) is 19.4. The molecule has 0 atom stereocenters.